The van der Waals surface area contributed by atoms with E-state index in [-0.39, 0.29) is 23.7 Å². The molecule has 4 bridgehead atoms. The van der Waals surface area contributed by atoms with Gasteiger partial charge in [-0.1, -0.05) is 18.6 Å². The van der Waals surface area contributed by atoms with E-state index < -0.39 is 0 Å². The van der Waals surface area contributed by atoms with E-state index in [9.17, 15) is 9.59 Å². The molecule has 1 aliphatic heterocycles. The van der Waals surface area contributed by atoms with E-state index in [0.717, 1.165) is 60.6 Å². The van der Waals surface area contributed by atoms with Crippen molar-refractivity contribution in [3.05, 3.63) is 40.6 Å². The van der Waals surface area contributed by atoms with Crippen molar-refractivity contribution in [1.82, 2.24) is 14.3 Å². The topological polar surface area (TPSA) is 81.0 Å². The summed E-state index contributed by atoms with van der Waals surface area (Å²) < 4.78 is 3.06. The Labute approximate surface area is 188 Å². The zero-order valence-electron chi connectivity index (χ0n) is 18.7. The zero-order valence-corrected chi connectivity index (χ0v) is 18.7. The van der Waals surface area contributed by atoms with Gasteiger partial charge >= 0.3 is 5.69 Å². The summed E-state index contributed by atoms with van der Waals surface area (Å²) >= 11 is 0. The maximum absolute atomic E-state index is 12.9. The van der Waals surface area contributed by atoms with Gasteiger partial charge in [0.25, 0.3) is 0 Å². The lowest BCUT2D eigenvalue weighted by Crippen LogP contribution is -2.54. The molecule has 7 rings (SSSR count). The van der Waals surface area contributed by atoms with Gasteiger partial charge in [0.05, 0.1) is 11.4 Å². The molecule has 1 amide bonds. The first-order chi connectivity index (χ1) is 15.6. The number of para-hydroxylation sites is 2. The van der Waals surface area contributed by atoms with Crippen LogP contribution in [0.15, 0.2) is 29.1 Å². The van der Waals surface area contributed by atoms with Crippen LogP contribution in [0.3, 0.4) is 0 Å². The van der Waals surface area contributed by atoms with E-state index in [1.165, 1.54) is 43.2 Å². The first-order valence-corrected chi connectivity index (χ1v) is 12.4. The number of aryl methyl sites for hydroxylation is 1. The number of carbonyl (C=O) groups is 1. The second-order valence-corrected chi connectivity index (χ2v) is 10.7. The molecule has 0 unspecified atom stereocenters. The van der Waals surface area contributed by atoms with E-state index in [1.54, 1.807) is 4.57 Å². The molecule has 0 saturated heterocycles. The van der Waals surface area contributed by atoms with Crippen molar-refractivity contribution in [1.29, 1.82) is 0 Å². The van der Waals surface area contributed by atoms with Crippen molar-refractivity contribution in [2.24, 2.45) is 17.8 Å². The van der Waals surface area contributed by atoms with Crippen LogP contribution >= 0.6 is 0 Å². The molecule has 2 aromatic rings. The lowest BCUT2D eigenvalue weighted by atomic mass is 9.53. The lowest BCUT2D eigenvalue weighted by molar-refractivity contribution is -0.117. The Morgan fingerprint density at radius 3 is 2.41 bits per heavy atom. The number of nitrogens with zero attached hydrogens (tertiary/aromatic N) is 3. The SMILES string of the molecule is O=C(Cn1nc2n(c1=O)CCCCC2)Nc1ccccc1NC12CC3CC(CC(C3)C1)C2. The number of fused-ring (bicyclic) bond motifs is 1. The summed E-state index contributed by atoms with van der Waals surface area (Å²) in [5, 5.41) is 11.4. The van der Waals surface area contributed by atoms with Gasteiger partial charge in [0.2, 0.25) is 5.91 Å². The molecule has 5 aliphatic rings. The number of hydrogen-bond acceptors (Lipinski definition) is 4. The third-order valence-electron chi connectivity index (χ3n) is 8.21. The molecule has 170 valence electrons. The molecule has 7 nitrogen and oxygen atoms in total. The average molecular weight is 436 g/mol. The van der Waals surface area contributed by atoms with Crippen LogP contribution in [0.1, 0.15) is 63.6 Å². The molecule has 0 radical (unpaired) electrons. The molecule has 4 aliphatic carbocycles. The van der Waals surface area contributed by atoms with Gasteiger partial charge in [-0.05, 0) is 81.3 Å². The minimum atomic E-state index is -0.208. The molecule has 1 aromatic carbocycles. The second kappa shape index (κ2) is 7.78. The number of rotatable bonds is 5. The van der Waals surface area contributed by atoms with Gasteiger partial charge in [-0.2, -0.15) is 5.10 Å². The Balaban J connectivity index is 1.18. The van der Waals surface area contributed by atoms with Crippen molar-refractivity contribution in [3.8, 4) is 0 Å². The van der Waals surface area contributed by atoms with Crippen LogP contribution in [-0.2, 0) is 24.3 Å². The van der Waals surface area contributed by atoms with E-state index in [1.807, 2.05) is 18.2 Å². The van der Waals surface area contributed by atoms with Crippen LogP contribution < -0.4 is 16.3 Å². The monoisotopic (exact) mass is 435 g/mol. The van der Waals surface area contributed by atoms with E-state index >= 15 is 0 Å². The summed E-state index contributed by atoms with van der Waals surface area (Å²) in [5.41, 5.74) is 1.79. The zero-order chi connectivity index (χ0) is 21.7. The van der Waals surface area contributed by atoms with Gasteiger partial charge in [0.1, 0.15) is 12.4 Å². The van der Waals surface area contributed by atoms with Crippen molar-refractivity contribution in [2.45, 2.75) is 82.8 Å². The quantitative estimate of drug-likeness (QED) is 0.749. The number of nitrogens with one attached hydrogen (secondary N) is 2. The van der Waals surface area contributed by atoms with Crippen molar-refractivity contribution in [3.63, 3.8) is 0 Å². The summed E-state index contributed by atoms with van der Waals surface area (Å²) in [6.07, 6.45) is 11.9. The number of carbonyl (C=O) groups excluding carboxylic acids is 1. The molecule has 1 aromatic heterocycles. The summed E-state index contributed by atoms with van der Waals surface area (Å²) in [4.78, 5) is 25.6. The molecule has 2 N–H and O–H groups in total. The highest BCUT2D eigenvalue weighted by Crippen LogP contribution is 2.56. The highest BCUT2D eigenvalue weighted by atomic mass is 16.2. The molecule has 4 fully saturated rings. The number of benzene rings is 1. The summed E-state index contributed by atoms with van der Waals surface area (Å²) in [6, 6.07) is 7.99. The Hall–Kier alpha value is -2.57. The Morgan fingerprint density at radius 2 is 1.69 bits per heavy atom. The highest BCUT2D eigenvalue weighted by Gasteiger charge is 2.51. The normalized spacial score (nSPS) is 30.6. The third kappa shape index (κ3) is 3.65. The predicted molar refractivity (Wildman–Crippen MR) is 124 cm³/mol. The Kier molecular flexibility index (Phi) is 4.88. The van der Waals surface area contributed by atoms with Crippen molar-refractivity contribution in [2.75, 3.05) is 10.6 Å². The van der Waals surface area contributed by atoms with E-state index in [4.69, 9.17) is 0 Å². The lowest BCUT2D eigenvalue weighted by Gasteiger charge is -2.57. The Morgan fingerprint density at radius 1 is 1.00 bits per heavy atom. The minimum Gasteiger partial charge on any atom is -0.378 e. The van der Waals surface area contributed by atoms with Crippen LogP contribution in [0.4, 0.5) is 11.4 Å². The Bertz CT molecular complexity index is 1050. The second-order valence-electron chi connectivity index (χ2n) is 10.7. The molecule has 0 spiro atoms. The number of aromatic nitrogens is 3. The number of hydrogen-bond donors (Lipinski definition) is 2. The van der Waals surface area contributed by atoms with Crippen LogP contribution in [0.5, 0.6) is 0 Å². The van der Waals surface area contributed by atoms with Gasteiger partial charge in [0.15, 0.2) is 0 Å². The molecule has 4 saturated carbocycles. The maximum atomic E-state index is 12.9. The summed E-state index contributed by atoms with van der Waals surface area (Å²) in [7, 11) is 0. The van der Waals surface area contributed by atoms with Crippen LogP contribution in [0, 0.1) is 17.8 Å². The van der Waals surface area contributed by atoms with E-state index in [0.29, 0.717) is 6.54 Å². The fourth-order valence-corrected chi connectivity index (χ4v) is 7.30. The summed E-state index contributed by atoms with van der Waals surface area (Å²) in [5.74, 6) is 3.18. The standard InChI is InChI=1S/C25H33N5O2/c31-23(16-30-24(32)29-9-5-1-2-8-22(29)28-30)26-20-6-3-4-7-21(20)27-25-13-17-10-18(14-25)12-19(11-17)15-25/h3-4,6-7,17-19,27H,1-2,5,8-16H2,(H,26,31). The largest absolute Gasteiger partial charge is 0.378 e. The first kappa shape index (κ1) is 20.1. The maximum Gasteiger partial charge on any atom is 0.346 e. The minimum absolute atomic E-state index is 0.0511. The van der Waals surface area contributed by atoms with Gasteiger partial charge in [0, 0.05) is 18.5 Å². The van der Waals surface area contributed by atoms with Crippen molar-refractivity contribution >= 4 is 17.3 Å². The molecular weight excluding hydrogens is 402 g/mol. The molecular formula is C25H33N5O2. The summed E-state index contributed by atoms with van der Waals surface area (Å²) in [6.45, 7) is 0.651. The van der Waals surface area contributed by atoms with Gasteiger partial charge in [-0.3, -0.25) is 9.36 Å². The third-order valence-corrected chi connectivity index (χ3v) is 8.21. The van der Waals surface area contributed by atoms with E-state index in [2.05, 4.69) is 21.8 Å². The average Bonchev–Trinajstić information content (AvgIpc) is 2.89. The smallest absolute Gasteiger partial charge is 0.346 e. The van der Waals surface area contributed by atoms with Crippen LogP contribution in [-0.4, -0.2) is 25.8 Å². The molecule has 0 atom stereocenters. The molecule has 32 heavy (non-hydrogen) atoms. The number of anilines is 2. The van der Waals surface area contributed by atoms with Crippen LogP contribution in [0.25, 0.3) is 0 Å². The fraction of sp³-hybridized carbons (Fsp3) is 0.640. The highest BCUT2D eigenvalue weighted by molar-refractivity contribution is 5.94. The number of amides is 1. The predicted octanol–water partition coefficient (Wildman–Crippen LogP) is 3.79. The van der Waals surface area contributed by atoms with Gasteiger partial charge in [-0.15, -0.1) is 0 Å². The molecule has 2 heterocycles. The molecule has 7 heteroatoms. The fourth-order valence-electron chi connectivity index (χ4n) is 7.30. The van der Waals surface area contributed by atoms with Crippen LogP contribution in [0.2, 0.25) is 0 Å². The van der Waals surface area contributed by atoms with Gasteiger partial charge < -0.3 is 10.6 Å². The first-order valence-electron chi connectivity index (χ1n) is 12.4. The van der Waals surface area contributed by atoms with Crippen molar-refractivity contribution < 1.29 is 4.79 Å². The van der Waals surface area contributed by atoms with Gasteiger partial charge in [-0.25, -0.2) is 9.48 Å².